The Morgan fingerprint density at radius 3 is 2.33 bits per heavy atom. The predicted octanol–water partition coefficient (Wildman–Crippen LogP) is 2.31. The van der Waals surface area contributed by atoms with Gasteiger partial charge in [0, 0.05) is 30.2 Å². The van der Waals surface area contributed by atoms with Gasteiger partial charge in [-0.3, -0.25) is 15.6 Å². The van der Waals surface area contributed by atoms with Gasteiger partial charge in [0.2, 0.25) is 0 Å². The third-order valence-corrected chi connectivity index (χ3v) is 2.97. The molecular weight excluding hydrogens is 278 g/mol. The molecule has 0 radical (unpaired) electrons. The van der Waals surface area contributed by atoms with E-state index < -0.39 is 23.2 Å². The maximum Gasteiger partial charge on any atom is 0.258 e. The van der Waals surface area contributed by atoms with Crippen molar-refractivity contribution in [3.8, 4) is 0 Å². The topological polar surface area (TPSA) is 71.2 Å². The molecule has 1 aromatic heterocycles. The van der Waals surface area contributed by atoms with Crippen LogP contribution in [0.15, 0.2) is 36.7 Å². The van der Waals surface area contributed by atoms with E-state index in [1.165, 1.54) is 17.3 Å². The van der Waals surface area contributed by atoms with Gasteiger partial charge in [-0.05, 0) is 31.2 Å². The van der Waals surface area contributed by atoms with Crippen LogP contribution in [-0.2, 0) is 0 Å². The number of pyridine rings is 1. The Labute approximate surface area is 120 Å². The number of hydrazine groups is 1. The fourth-order valence-corrected chi connectivity index (χ4v) is 1.96. The minimum atomic E-state index is -0.924. The summed E-state index contributed by atoms with van der Waals surface area (Å²) in [5.41, 5.74) is 1.95. The van der Waals surface area contributed by atoms with Crippen LogP contribution < -0.4 is 16.2 Å². The summed E-state index contributed by atoms with van der Waals surface area (Å²) in [5.74, 6) is 2.66. The molecular formula is C14H14F2N4O. The molecule has 0 atom stereocenters. The largest absolute Gasteiger partial charge is 0.319 e. The number of hydrogen-bond acceptors (Lipinski definition) is 4. The lowest BCUT2D eigenvalue weighted by molar-refractivity contribution is 0.0987. The van der Waals surface area contributed by atoms with Crippen LogP contribution in [0.5, 0.6) is 0 Å². The maximum atomic E-state index is 13.7. The van der Waals surface area contributed by atoms with Crippen LogP contribution in [0, 0.1) is 11.6 Å². The van der Waals surface area contributed by atoms with Crippen molar-refractivity contribution in [2.75, 3.05) is 16.9 Å². The number of nitrogen functional groups attached to an aromatic ring is 1. The molecule has 2 rings (SSSR count). The molecule has 1 aromatic carbocycles. The monoisotopic (exact) mass is 292 g/mol. The van der Waals surface area contributed by atoms with Crippen molar-refractivity contribution in [3.63, 3.8) is 0 Å². The SMILES string of the molecule is CCN(C(=O)c1cc(F)c(NN)c(F)c1)c1ccncc1. The Balaban J connectivity index is 2.39. The van der Waals surface area contributed by atoms with E-state index in [0.29, 0.717) is 12.2 Å². The number of aromatic nitrogens is 1. The Hall–Kier alpha value is -2.54. The second-order valence-electron chi connectivity index (χ2n) is 4.21. The Morgan fingerprint density at radius 1 is 1.29 bits per heavy atom. The summed E-state index contributed by atoms with van der Waals surface area (Å²) in [5, 5.41) is 0. The van der Waals surface area contributed by atoms with Gasteiger partial charge in [-0.25, -0.2) is 8.78 Å². The molecule has 7 heteroatoms. The van der Waals surface area contributed by atoms with Gasteiger partial charge in [0.1, 0.15) is 5.69 Å². The Bertz CT molecular complexity index is 626. The lowest BCUT2D eigenvalue weighted by Crippen LogP contribution is -2.31. The van der Waals surface area contributed by atoms with Gasteiger partial charge in [-0.15, -0.1) is 0 Å². The lowest BCUT2D eigenvalue weighted by atomic mass is 10.1. The third-order valence-electron chi connectivity index (χ3n) is 2.97. The van der Waals surface area contributed by atoms with Gasteiger partial charge in [0.05, 0.1) is 0 Å². The molecule has 0 bridgehead atoms. The lowest BCUT2D eigenvalue weighted by Gasteiger charge is -2.21. The Morgan fingerprint density at radius 2 is 1.86 bits per heavy atom. The van der Waals surface area contributed by atoms with E-state index in [9.17, 15) is 13.6 Å². The number of amides is 1. The van der Waals surface area contributed by atoms with Gasteiger partial charge in [0.25, 0.3) is 5.91 Å². The molecule has 0 saturated heterocycles. The molecule has 5 nitrogen and oxygen atoms in total. The zero-order valence-corrected chi connectivity index (χ0v) is 11.3. The molecule has 0 spiro atoms. The van der Waals surface area contributed by atoms with Crippen LogP contribution in [0.25, 0.3) is 0 Å². The maximum absolute atomic E-state index is 13.7. The number of nitrogens with two attached hydrogens (primary N) is 1. The van der Waals surface area contributed by atoms with Gasteiger partial charge in [0.15, 0.2) is 11.6 Å². The first kappa shape index (κ1) is 14.9. The van der Waals surface area contributed by atoms with E-state index >= 15 is 0 Å². The van der Waals surface area contributed by atoms with Crippen LogP contribution in [0.1, 0.15) is 17.3 Å². The van der Waals surface area contributed by atoms with Crippen molar-refractivity contribution in [3.05, 3.63) is 53.9 Å². The highest BCUT2D eigenvalue weighted by atomic mass is 19.1. The fraction of sp³-hybridized carbons (Fsp3) is 0.143. The molecule has 0 fully saturated rings. The first-order chi connectivity index (χ1) is 10.1. The van der Waals surface area contributed by atoms with Crippen molar-refractivity contribution in [2.24, 2.45) is 5.84 Å². The number of hydrogen-bond donors (Lipinski definition) is 2. The van der Waals surface area contributed by atoms with Crippen molar-refractivity contribution >= 4 is 17.3 Å². The standard InChI is InChI=1S/C14H14F2N4O/c1-2-20(10-3-5-18-6-4-10)14(21)9-7-11(15)13(19-17)12(16)8-9/h3-8,19H,2,17H2,1H3. The summed E-state index contributed by atoms with van der Waals surface area (Å²) in [7, 11) is 0. The Kier molecular flexibility index (Phi) is 4.44. The molecule has 0 aliphatic rings. The van der Waals surface area contributed by atoms with E-state index in [0.717, 1.165) is 12.1 Å². The van der Waals surface area contributed by atoms with E-state index in [1.807, 2.05) is 5.43 Å². The normalized spacial score (nSPS) is 10.3. The summed E-state index contributed by atoms with van der Waals surface area (Å²) < 4.78 is 27.4. The summed E-state index contributed by atoms with van der Waals surface area (Å²) in [6.45, 7) is 2.11. The average Bonchev–Trinajstić information content (AvgIpc) is 2.48. The number of halogens is 2. The molecule has 2 aromatic rings. The second-order valence-corrected chi connectivity index (χ2v) is 4.21. The van der Waals surface area contributed by atoms with Crippen LogP contribution in [0.3, 0.4) is 0 Å². The van der Waals surface area contributed by atoms with Crippen molar-refractivity contribution in [2.45, 2.75) is 6.92 Å². The fourth-order valence-electron chi connectivity index (χ4n) is 1.96. The molecule has 1 amide bonds. The van der Waals surface area contributed by atoms with Gasteiger partial charge >= 0.3 is 0 Å². The number of nitrogens with zero attached hydrogens (tertiary/aromatic N) is 2. The number of anilines is 2. The average molecular weight is 292 g/mol. The van der Waals surface area contributed by atoms with E-state index in [1.54, 1.807) is 19.1 Å². The van der Waals surface area contributed by atoms with Gasteiger partial charge in [-0.2, -0.15) is 0 Å². The summed E-state index contributed by atoms with van der Waals surface area (Å²) in [4.78, 5) is 17.7. The van der Waals surface area contributed by atoms with Gasteiger partial charge in [-0.1, -0.05) is 0 Å². The van der Waals surface area contributed by atoms with Crippen LogP contribution in [-0.4, -0.2) is 17.4 Å². The third kappa shape index (κ3) is 2.97. The minimum absolute atomic E-state index is 0.0948. The van der Waals surface area contributed by atoms with Crippen LogP contribution in [0.2, 0.25) is 0 Å². The molecule has 0 saturated carbocycles. The van der Waals surface area contributed by atoms with Gasteiger partial charge < -0.3 is 10.3 Å². The minimum Gasteiger partial charge on any atom is -0.319 e. The summed E-state index contributed by atoms with van der Waals surface area (Å²) >= 11 is 0. The first-order valence-corrected chi connectivity index (χ1v) is 6.26. The van der Waals surface area contributed by atoms with Crippen molar-refractivity contribution in [1.82, 2.24) is 4.98 Å². The smallest absolute Gasteiger partial charge is 0.258 e. The van der Waals surface area contributed by atoms with Crippen molar-refractivity contribution < 1.29 is 13.6 Å². The summed E-state index contributed by atoms with van der Waals surface area (Å²) in [6.07, 6.45) is 3.07. The number of carbonyl (C=O) groups excluding carboxylic acids is 1. The highest BCUT2D eigenvalue weighted by Crippen LogP contribution is 2.22. The molecule has 110 valence electrons. The number of benzene rings is 1. The van der Waals surface area contributed by atoms with E-state index in [4.69, 9.17) is 5.84 Å². The highest BCUT2D eigenvalue weighted by molar-refractivity contribution is 6.06. The number of nitrogens with one attached hydrogen (secondary N) is 1. The highest BCUT2D eigenvalue weighted by Gasteiger charge is 2.20. The molecule has 3 N–H and O–H groups in total. The second kappa shape index (κ2) is 6.27. The molecule has 0 unspecified atom stereocenters. The molecule has 0 aliphatic carbocycles. The first-order valence-electron chi connectivity index (χ1n) is 6.26. The predicted molar refractivity (Wildman–Crippen MR) is 75.8 cm³/mol. The quantitative estimate of drug-likeness (QED) is 0.670. The number of carbonyl (C=O) groups is 1. The van der Waals surface area contributed by atoms with E-state index in [2.05, 4.69) is 4.98 Å². The molecule has 21 heavy (non-hydrogen) atoms. The zero-order chi connectivity index (χ0) is 15.4. The van der Waals surface area contributed by atoms with Crippen molar-refractivity contribution in [1.29, 1.82) is 0 Å². The number of rotatable bonds is 4. The molecule has 0 aliphatic heterocycles. The summed E-state index contributed by atoms with van der Waals surface area (Å²) in [6, 6.07) is 5.18. The van der Waals surface area contributed by atoms with Crippen LogP contribution in [0.4, 0.5) is 20.2 Å². The molecule has 1 heterocycles. The van der Waals surface area contributed by atoms with E-state index in [-0.39, 0.29) is 5.56 Å². The van der Waals surface area contributed by atoms with Crippen LogP contribution >= 0.6 is 0 Å². The zero-order valence-electron chi connectivity index (χ0n) is 11.3.